The van der Waals surface area contributed by atoms with Gasteiger partial charge in [0.05, 0.1) is 12.2 Å². The van der Waals surface area contributed by atoms with E-state index in [9.17, 15) is 4.79 Å². The molecule has 0 radical (unpaired) electrons. The van der Waals surface area contributed by atoms with E-state index in [4.69, 9.17) is 14.2 Å². The van der Waals surface area contributed by atoms with Crippen molar-refractivity contribution in [1.82, 2.24) is 0 Å². The summed E-state index contributed by atoms with van der Waals surface area (Å²) in [6.45, 7) is 0. The molecule has 0 aromatic heterocycles. The largest absolute Gasteiger partial charge is 0.509 e. The van der Waals surface area contributed by atoms with Crippen molar-refractivity contribution in [3.05, 3.63) is 0 Å². The van der Waals surface area contributed by atoms with Crippen molar-refractivity contribution < 1.29 is 19.0 Å². The Labute approximate surface area is 93.2 Å². The van der Waals surface area contributed by atoms with Gasteiger partial charge in [0.2, 0.25) is 0 Å². The smallest absolute Gasteiger partial charge is 0.427 e. The minimum Gasteiger partial charge on any atom is -0.427 e. The predicted octanol–water partition coefficient (Wildman–Crippen LogP) is 1.33. The second kappa shape index (κ2) is 2.40. The van der Waals surface area contributed by atoms with E-state index in [-0.39, 0.29) is 12.2 Å². The Bertz CT molecular complexity index is 349. The molecule has 3 aliphatic heterocycles. The molecule has 0 aromatic carbocycles. The summed E-state index contributed by atoms with van der Waals surface area (Å²) in [7, 11) is 0. The molecule has 16 heavy (non-hydrogen) atoms. The van der Waals surface area contributed by atoms with Crippen LogP contribution in [0.25, 0.3) is 0 Å². The zero-order chi connectivity index (χ0) is 10.4. The second-order valence-electron chi connectivity index (χ2n) is 5.92. The van der Waals surface area contributed by atoms with E-state index in [0.717, 1.165) is 0 Å². The summed E-state index contributed by atoms with van der Waals surface area (Å²) in [5.41, 5.74) is 0. The summed E-state index contributed by atoms with van der Waals surface area (Å²) in [5, 5.41) is 0. The fourth-order valence-electron chi connectivity index (χ4n) is 5.25. The predicted molar refractivity (Wildman–Crippen MR) is 51.6 cm³/mol. The van der Waals surface area contributed by atoms with Crippen LogP contribution in [0.1, 0.15) is 19.3 Å². The van der Waals surface area contributed by atoms with E-state index in [1.807, 2.05) is 0 Å². The normalized spacial score (nSPS) is 64.4. The Morgan fingerprint density at radius 1 is 0.938 bits per heavy atom. The van der Waals surface area contributed by atoms with E-state index < -0.39 is 6.16 Å². The van der Waals surface area contributed by atoms with Gasteiger partial charge in [-0.2, -0.15) is 0 Å². The molecular formula is C12H14O4. The molecule has 8 atom stereocenters. The first-order chi connectivity index (χ1) is 7.83. The summed E-state index contributed by atoms with van der Waals surface area (Å²) in [6, 6.07) is 0. The molecule has 0 spiro atoms. The van der Waals surface area contributed by atoms with Crippen molar-refractivity contribution in [3.63, 3.8) is 0 Å². The summed E-state index contributed by atoms with van der Waals surface area (Å²) in [5.74, 6) is 2.34. The molecule has 3 heterocycles. The first-order valence-corrected chi connectivity index (χ1v) is 6.35. The van der Waals surface area contributed by atoms with Crippen molar-refractivity contribution in [2.45, 2.75) is 43.7 Å². The summed E-state index contributed by atoms with van der Waals surface area (Å²) >= 11 is 0. The quantitative estimate of drug-likeness (QED) is 0.580. The van der Waals surface area contributed by atoms with Crippen molar-refractivity contribution in [2.75, 3.05) is 0 Å². The van der Waals surface area contributed by atoms with Gasteiger partial charge < -0.3 is 14.2 Å². The van der Waals surface area contributed by atoms with Gasteiger partial charge in [0, 0.05) is 11.8 Å². The van der Waals surface area contributed by atoms with Gasteiger partial charge in [-0.25, -0.2) is 4.79 Å². The lowest BCUT2D eigenvalue weighted by Gasteiger charge is -2.35. The van der Waals surface area contributed by atoms with Gasteiger partial charge in [-0.3, -0.25) is 0 Å². The van der Waals surface area contributed by atoms with Crippen molar-refractivity contribution in [1.29, 1.82) is 0 Å². The van der Waals surface area contributed by atoms with Gasteiger partial charge in [-0.05, 0) is 31.1 Å². The molecule has 4 bridgehead atoms. The SMILES string of the molecule is O=C1OC2C3CC(C2O1)C1C2CCC(O2)C31. The Hall–Kier alpha value is -0.770. The lowest BCUT2D eigenvalue weighted by Crippen LogP contribution is -2.44. The first-order valence-electron chi connectivity index (χ1n) is 6.35. The van der Waals surface area contributed by atoms with Crippen LogP contribution in [-0.2, 0) is 14.2 Å². The number of ether oxygens (including phenoxy) is 3. The molecule has 4 heteroatoms. The highest BCUT2D eigenvalue weighted by Gasteiger charge is 2.70. The summed E-state index contributed by atoms with van der Waals surface area (Å²) < 4.78 is 16.7. The third-order valence-electron chi connectivity index (χ3n) is 5.55. The van der Waals surface area contributed by atoms with Crippen LogP contribution in [0.4, 0.5) is 4.79 Å². The Kier molecular flexibility index (Phi) is 1.25. The van der Waals surface area contributed by atoms with E-state index >= 15 is 0 Å². The molecule has 5 aliphatic rings. The highest BCUT2D eigenvalue weighted by molar-refractivity contribution is 5.63. The molecule has 0 amide bonds. The molecule has 2 saturated carbocycles. The van der Waals surface area contributed by atoms with Crippen LogP contribution < -0.4 is 0 Å². The lowest BCUT2D eigenvalue weighted by atomic mass is 9.69. The van der Waals surface area contributed by atoms with Crippen LogP contribution in [0.3, 0.4) is 0 Å². The standard InChI is InChI=1S/C12H14O4/c13-12-15-10-4-3-5(11(10)16-12)9-7-2-1-6(14-7)8(4)9/h4-11H,1-3H2. The van der Waals surface area contributed by atoms with Crippen LogP contribution in [0.15, 0.2) is 0 Å². The number of hydrogen-bond donors (Lipinski definition) is 0. The van der Waals surface area contributed by atoms with E-state index in [1.54, 1.807) is 0 Å². The molecule has 86 valence electrons. The third kappa shape index (κ3) is 0.725. The number of carbonyl (C=O) groups is 1. The highest BCUT2D eigenvalue weighted by Crippen LogP contribution is 2.64. The Morgan fingerprint density at radius 3 is 2.06 bits per heavy atom. The fraction of sp³-hybridized carbons (Fsp3) is 0.917. The van der Waals surface area contributed by atoms with E-state index in [0.29, 0.717) is 35.9 Å². The Morgan fingerprint density at radius 2 is 1.50 bits per heavy atom. The van der Waals surface area contributed by atoms with Crippen LogP contribution in [0.2, 0.25) is 0 Å². The number of hydrogen-bond acceptors (Lipinski definition) is 4. The molecule has 0 aromatic rings. The van der Waals surface area contributed by atoms with Crippen molar-refractivity contribution in [3.8, 4) is 0 Å². The molecule has 3 saturated heterocycles. The minimum atomic E-state index is -0.446. The topological polar surface area (TPSA) is 44.8 Å². The minimum absolute atomic E-state index is 0.0432. The zero-order valence-electron chi connectivity index (χ0n) is 8.87. The zero-order valence-corrected chi connectivity index (χ0v) is 8.87. The van der Waals surface area contributed by atoms with Crippen molar-refractivity contribution in [2.24, 2.45) is 23.7 Å². The molecule has 5 fully saturated rings. The average molecular weight is 222 g/mol. The van der Waals surface area contributed by atoms with Gasteiger partial charge in [-0.1, -0.05) is 0 Å². The summed E-state index contributed by atoms with van der Waals surface area (Å²) in [4.78, 5) is 11.2. The van der Waals surface area contributed by atoms with Crippen LogP contribution in [0, 0.1) is 23.7 Å². The molecular weight excluding hydrogens is 208 g/mol. The van der Waals surface area contributed by atoms with Gasteiger partial charge in [-0.15, -0.1) is 0 Å². The Balaban J connectivity index is 1.57. The maximum atomic E-state index is 11.2. The summed E-state index contributed by atoms with van der Waals surface area (Å²) in [6.07, 6.45) is 4.15. The molecule has 8 unspecified atom stereocenters. The third-order valence-corrected chi connectivity index (χ3v) is 5.55. The molecule has 0 N–H and O–H groups in total. The van der Waals surface area contributed by atoms with Crippen molar-refractivity contribution >= 4 is 6.16 Å². The van der Waals surface area contributed by atoms with Crippen LogP contribution >= 0.6 is 0 Å². The van der Waals surface area contributed by atoms with Crippen LogP contribution in [0.5, 0.6) is 0 Å². The highest BCUT2D eigenvalue weighted by atomic mass is 16.8. The van der Waals surface area contributed by atoms with Crippen LogP contribution in [-0.4, -0.2) is 30.6 Å². The van der Waals surface area contributed by atoms with E-state index in [2.05, 4.69) is 0 Å². The lowest BCUT2D eigenvalue weighted by molar-refractivity contribution is 0.0269. The average Bonchev–Trinajstić information content (AvgIpc) is 2.98. The monoisotopic (exact) mass is 222 g/mol. The fourth-order valence-corrected chi connectivity index (χ4v) is 5.25. The molecule has 5 rings (SSSR count). The van der Waals surface area contributed by atoms with Gasteiger partial charge in [0.1, 0.15) is 12.2 Å². The number of fused-ring (bicyclic) bond motifs is 12. The van der Waals surface area contributed by atoms with E-state index in [1.165, 1.54) is 19.3 Å². The molecule has 2 aliphatic carbocycles. The number of rotatable bonds is 0. The van der Waals surface area contributed by atoms with Gasteiger partial charge >= 0.3 is 6.16 Å². The maximum absolute atomic E-state index is 11.2. The number of carbonyl (C=O) groups excluding carboxylic acids is 1. The maximum Gasteiger partial charge on any atom is 0.509 e. The molecule has 4 nitrogen and oxygen atoms in total. The second-order valence-corrected chi connectivity index (χ2v) is 5.92. The van der Waals surface area contributed by atoms with Gasteiger partial charge in [0.15, 0.2) is 0 Å². The van der Waals surface area contributed by atoms with Gasteiger partial charge in [0.25, 0.3) is 0 Å². The first kappa shape index (κ1) is 8.34.